The molecule has 0 aliphatic heterocycles. The van der Waals surface area contributed by atoms with Gasteiger partial charge in [-0.2, -0.15) is 0 Å². The van der Waals surface area contributed by atoms with Gasteiger partial charge in [-0.05, 0) is 25.0 Å². The molecule has 1 aromatic carbocycles. The van der Waals surface area contributed by atoms with Gasteiger partial charge in [-0.15, -0.1) is 12.4 Å². The van der Waals surface area contributed by atoms with E-state index in [-0.39, 0.29) is 24.6 Å². The monoisotopic (exact) mass is 201 g/mol. The Balaban J connectivity index is 0.00000144. The van der Waals surface area contributed by atoms with Crippen molar-refractivity contribution in [3.05, 3.63) is 35.4 Å². The molecular weight excluding hydrogens is 186 g/mol. The third-order valence-corrected chi connectivity index (χ3v) is 1.85. The highest BCUT2D eigenvalue weighted by Gasteiger charge is 2.13. The summed E-state index contributed by atoms with van der Waals surface area (Å²) in [5.74, 6) is 0. The van der Waals surface area contributed by atoms with Gasteiger partial charge < -0.3 is 10.8 Å². The number of halogens is 1. The van der Waals surface area contributed by atoms with Gasteiger partial charge >= 0.3 is 0 Å². The van der Waals surface area contributed by atoms with Crippen LogP contribution in [0.15, 0.2) is 24.3 Å². The summed E-state index contributed by atoms with van der Waals surface area (Å²) in [5, 5.41) is 8.89. The fourth-order valence-electron chi connectivity index (χ4n) is 1.07. The lowest BCUT2D eigenvalue weighted by atomic mass is 9.94. The molecule has 3 heteroatoms. The van der Waals surface area contributed by atoms with Crippen LogP contribution >= 0.6 is 12.4 Å². The molecule has 2 nitrogen and oxygen atoms in total. The SMILES string of the molecule is CC(C)(N)c1cccc(CO)c1.Cl. The Morgan fingerprint density at radius 3 is 2.46 bits per heavy atom. The molecule has 0 radical (unpaired) electrons. The average molecular weight is 202 g/mol. The highest BCUT2D eigenvalue weighted by molar-refractivity contribution is 5.85. The van der Waals surface area contributed by atoms with Crippen LogP contribution in [-0.2, 0) is 12.1 Å². The molecule has 0 saturated heterocycles. The molecule has 3 N–H and O–H groups in total. The predicted octanol–water partition coefficient (Wildman–Crippen LogP) is 1.79. The summed E-state index contributed by atoms with van der Waals surface area (Å²) in [6.07, 6.45) is 0. The van der Waals surface area contributed by atoms with E-state index in [1.807, 2.05) is 38.1 Å². The maximum Gasteiger partial charge on any atom is 0.0681 e. The van der Waals surface area contributed by atoms with Gasteiger partial charge in [-0.1, -0.05) is 24.3 Å². The van der Waals surface area contributed by atoms with Gasteiger partial charge in [0.25, 0.3) is 0 Å². The van der Waals surface area contributed by atoms with Crippen molar-refractivity contribution in [2.75, 3.05) is 0 Å². The fourth-order valence-corrected chi connectivity index (χ4v) is 1.07. The number of nitrogens with two attached hydrogens (primary N) is 1. The smallest absolute Gasteiger partial charge is 0.0681 e. The van der Waals surface area contributed by atoms with Crippen molar-refractivity contribution in [2.24, 2.45) is 5.73 Å². The first kappa shape index (κ1) is 12.4. The molecule has 13 heavy (non-hydrogen) atoms. The summed E-state index contributed by atoms with van der Waals surface area (Å²) < 4.78 is 0. The van der Waals surface area contributed by atoms with Crippen LogP contribution in [0.3, 0.4) is 0 Å². The zero-order valence-electron chi connectivity index (χ0n) is 7.95. The van der Waals surface area contributed by atoms with Crippen LogP contribution in [0, 0.1) is 0 Å². The molecule has 0 bridgehead atoms. The molecule has 0 aliphatic carbocycles. The van der Waals surface area contributed by atoms with Crippen LogP contribution < -0.4 is 5.73 Å². The molecule has 0 saturated carbocycles. The van der Waals surface area contributed by atoms with E-state index >= 15 is 0 Å². The Morgan fingerprint density at radius 2 is 2.00 bits per heavy atom. The average Bonchev–Trinajstić information content (AvgIpc) is 2.03. The molecule has 0 aliphatic rings. The van der Waals surface area contributed by atoms with Crippen LogP contribution in [0.25, 0.3) is 0 Å². The number of hydrogen-bond acceptors (Lipinski definition) is 2. The van der Waals surface area contributed by atoms with Gasteiger partial charge in [-0.3, -0.25) is 0 Å². The van der Waals surface area contributed by atoms with Crippen LogP contribution in [0.2, 0.25) is 0 Å². The zero-order chi connectivity index (χ0) is 9.19. The van der Waals surface area contributed by atoms with Crippen molar-refractivity contribution in [3.8, 4) is 0 Å². The van der Waals surface area contributed by atoms with Crippen LogP contribution in [0.5, 0.6) is 0 Å². The highest BCUT2D eigenvalue weighted by atomic mass is 35.5. The lowest BCUT2D eigenvalue weighted by Crippen LogP contribution is -2.28. The summed E-state index contributed by atoms with van der Waals surface area (Å²) in [4.78, 5) is 0. The maximum absolute atomic E-state index is 8.89. The normalized spacial score (nSPS) is 10.8. The molecule has 1 aromatic rings. The molecule has 0 unspecified atom stereocenters. The lowest BCUT2D eigenvalue weighted by Gasteiger charge is -2.19. The number of hydrogen-bond donors (Lipinski definition) is 2. The van der Waals surface area contributed by atoms with E-state index in [1.54, 1.807) is 0 Å². The Morgan fingerprint density at radius 1 is 1.38 bits per heavy atom. The molecule has 74 valence electrons. The summed E-state index contributed by atoms with van der Waals surface area (Å²) in [5.41, 5.74) is 7.53. The van der Waals surface area contributed by atoms with Crippen molar-refractivity contribution in [2.45, 2.75) is 26.0 Å². The third kappa shape index (κ3) is 3.35. The quantitative estimate of drug-likeness (QED) is 0.767. The van der Waals surface area contributed by atoms with Crippen molar-refractivity contribution in [1.82, 2.24) is 0 Å². The minimum atomic E-state index is -0.328. The van der Waals surface area contributed by atoms with Gasteiger partial charge in [0.1, 0.15) is 0 Å². The second-order valence-electron chi connectivity index (χ2n) is 3.58. The van der Waals surface area contributed by atoms with Gasteiger partial charge in [0.2, 0.25) is 0 Å². The highest BCUT2D eigenvalue weighted by Crippen LogP contribution is 2.17. The molecule has 1 rings (SSSR count). The number of rotatable bonds is 2. The topological polar surface area (TPSA) is 46.2 Å². The minimum Gasteiger partial charge on any atom is -0.392 e. The maximum atomic E-state index is 8.89. The van der Waals surface area contributed by atoms with Crippen LogP contribution in [-0.4, -0.2) is 5.11 Å². The second-order valence-corrected chi connectivity index (χ2v) is 3.58. The zero-order valence-corrected chi connectivity index (χ0v) is 8.77. The van der Waals surface area contributed by atoms with Gasteiger partial charge in [0.05, 0.1) is 6.61 Å². The van der Waals surface area contributed by atoms with Gasteiger partial charge in [0.15, 0.2) is 0 Å². The molecular formula is C10H16ClNO. The van der Waals surface area contributed by atoms with Crippen LogP contribution in [0.1, 0.15) is 25.0 Å². The van der Waals surface area contributed by atoms with E-state index in [1.165, 1.54) is 0 Å². The number of aliphatic hydroxyl groups excluding tert-OH is 1. The van der Waals surface area contributed by atoms with E-state index in [4.69, 9.17) is 10.8 Å². The van der Waals surface area contributed by atoms with E-state index in [0.29, 0.717) is 0 Å². The lowest BCUT2D eigenvalue weighted by molar-refractivity contribution is 0.281. The van der Waals surface area contributed by atoms with Crippen molar-refractivity contribution in [3.63, 3.8) is 0 Å². The molecule has 0 heterocycles. The Kier molecular flexibility index (Phi) is 4.40. The first-order valence-electron chi connectivity index (χ1n) is 4.03. The fraction of sp³-hybridized carbons (Fsp3) is 0.400. The van der Waals surface area contributed by atoms with Crippen LogP contribution in [0.4, 0.5) is 0 Å². The summed E-state index contributed by atoms with van der Waals surface area (Å²) >= 11 is 0. The third-order valence-electron chi connectivity index (χ3n) is 1.85. The molecule has 0 atom stereocenters. The second kappa shape index (κ2) is 4.61. The number of aliphatic hydroxyl groups is 1. The first-order chi connectivity index (χ1) is 5.54. The molecule has 0 amide bonds. The van der Waals surface area contributed by atoms with E-state index in [2.05, 4.69) is 0 Å². The standard InChI is InChI=1S/C10H15NO.ClH/c1-10(2,11)9-5-3-4-8(6-9)7-12;/h3-6,12H,7,11H2,1-2H3;1H. The Labute approximate surface area is 85.2 Å². The Bertz CT molecular complexity index is 268. The number of benzene rings is 1. The molecule has 0 fully saturated rings. The van der Waals surface area contributed by atoms with E-state index < -0.39 is 0 Å². The minimum absolute atomic E-state index is 0. The van der Waals surface area contributed by atoms with Crippen molar-refractivity contribution in [1.29, 1.82) is 0 Å². The van der Waals surface area contributed by atoms with Gasteiger partial charge in [-0.25, -0.2) is 0 Å². The Hall–Kier alpha value is -0.570. The van der Waals surface area contributed by atoms with E-state index in [9.17, 15) is 0 Å². The predicted molar refractivity (Wildman–Crippen MR) is 56.8 cm³/mol. The van der Waals surface area contributed by atoms with Gasteiger partial charge in [0, 0.05) is 5.54 Å². The summed E-state index contributed by atoms with van der Waals surface area (Å²) in [6, 6.07) is 7.70. The van der Waals surface area contributed by atoms with Crippen molar-refractivity contribution < 1.29 is 5.11 Å². The van der Waals surface area contributed by atoms with E-state index in [0.717, 1.165) is 11.1 Å². The molecule has 0 spiro atoms. The van der Waals surface area contributed by atoms with Crippen molar-refractivity contribution >= 4 is 12.4 Å². The summed E-state index contributed by atoms with van der Waals surface area (Å²) in [7, 11) is 0. The largest absolute Gasteiger partial charge is 0.392 e. The summed E-state index contributed by atoms with van der Waals surface area (Å²) in [6.45, 7) is 3.97. The molecule has 0 aromatic heterocycles. The first-order valence-corrected chi connectivity index (χ1v) is 4.03.